The molecule has 0 amide bonds. The number of hydrogen-bond acceptors (Lipinski definition) is 3. The molecule has 1 N–H and O–H groups in total. The zero-order chi connectivity index (χ0) is 11.0. The molecule has 2 heterocycles. The summed E-state index contributed by atoms with van der Waals surface area (Å²) >= 11 is 7.82. The molecule has 16 heavy (non-hydrogen) atoms. The summed E-state index contributed by atoms with van der Waals surface area (Å²) in [5.74, 6) is 0.882. The minimum Gasteiger partial charge on any atom is -0.314 e. The molecule has 0 spiro atoms. The first-order valence-corrected chi connectivity index (χ1v) is 7.24. The smallest absolute Gasteiger partial charge is 0.0931 e. The van der Waals surface area contributed by atoms with Crippen LogP contribution in [0.5, 0.6) is 0 Å². The predicted molar refractivity (Wildman–Crippen MR) is 69.2 cm³/mol. The van der Waals surface area contributed by atoms with Crippen LogP contribution in [0.15, 0.2) is 12.1 Å². The standard InChI is InChI=1S/C12H17ClN2S/c13-11-4-3-10(16-11)12(9-1-2-9)15-7-5-14-6-8-15/h3-4,9,12,14H,1-2,5-8H2/t12-/m1/s1. The molecule has 4 heteroatoms. The normalized spacial score (nSPS) is 24.6. The molecule has 1 aliphatic carbocycles. The fourth-order valence-electron chi connectivity index (χ4n) is 2.57. The van der Waals surface area contributed by atoms with Crippen molar-refractivity contribution in [3.8, 4) is 0 Å². The summed E-state index contributed by atoms with van der Waals surface area (Å²) in [6.45, 7) is 4.61. The Morgan fingerprint density at radius 1 is 1.31 bits per heavy atom. The average molecular weight is 257 g/mol. The van der Waals surface area contributed by atoms with Gasteiger partial charge >= 0.3 is 0 Å². The minimum atomic E-state index is 0.639. The van der Waals surface area contributed by atoms with Gasteiger partial charge in [0, 0.05) is 37.1 Å². The highest BCUT2D eigenvalue weighted by Gasteiger charge is 2.37. The average Bonchev–Trinajstić information content (AvgIpc) is 3.04. The van der Waals surface area contributed by atoms with Gasteiger partial charge in [0.15, 0.2) is 0 Å². The molecule has 0 bridgehead atoms. The zero-order valence-corrected chi connectivity index (χ0v) is 10.9. The highest BCUT2D eigenvalue weighted by atomic mass is 35.5. The number of hydrogen-bond donors (Lipinski definition) is 1. The minimum absolute atomic E-state index is 0.639. The van der Waals surface area contributed by atoms with Gasteiger partial charge in [-0.1, -0.05) is 11.6 Å². The number of piperazine rings is 1. The summed E-state index contributed by atoms with van der Waals surface area (Å²) in [5, 5.41) is 3.42. The number of thiophene rings is 1. The van der Waals surface area contributed by atoms with Gasteiger partial charge in [0.2, 0.25) is 0 Å². The first-order chi connectivity index (χ1) is 7.84. The van der Waals surface area contributed by atoms with E-state index in [0.717, 1.165) is 23.3 Å². The van der Waals surface area contributed by atoms with Crippen LogP contribution in [0.25, 0.3) is 0 Å². The Hall–Kier alpha value is -0.0900. The first kappa shape index (κ1) is 11.0. The van der Waals surface area contributed by atoms with Crippen LogP contribution in [0.1, 0.15) is 23.8 Å². The van der Waals surface area contributed by atoms with E-state index in [0.29, 0.717) is 6.04 Å². The monoisotopic (exact) mass is 256 g/mol. The van der Waals surface area contributed by atoms with E-state index in [9.17, 15) is 0 Å². The third-order valence-electron chi connectivity index (χ3n) is 3.50. The molecule has 2 nitrogen and oxygen atoms in total. The summed E-state index contributed by atoms with van der Waals surface area (Å²) in [6.07, 6.45) is 2.79. The van der Waals surface area contributed by atoms with E-state index in [1.165, 1.54) is 30.8 Å². The lowest BCUT2D eigenvalue weighted by molar-refractivity contribution is 0.159. The molecule has 0 unspecified atom stereocenters. The van der Waals surface area contributed by atoms with E-state index in [2.05, 4.69) is 16.3 Å². The second-order valence-electron chi connectivity index (χ2n) is 4.71. The maximum Gasteiger partial charge on any atom is 0.0931 e. The maximum atomic E-state index is 6.06. The first-order valence-electron chi connectivity index (χ1n) is 6.04. The highest BCUT2D eigenvalue weighted by molar-refractivity contribution is 7.16. The van der Waals surface area contributed by atoms with Crippen molar-refractivity contribution < 1.29 is 0 Å². The van der Waals surface area contributed by atoms with Crippen LogP contribution >= 0.6 is 22.9 Å². The number of halogens is 1. The summed E-state index contributed by atoms with van der Waals surface area (Å²) < 4.78 is 0.927. The maximum absolute atomic E-state index is 6.06. The van der Waals surface area contributed by atoms with Gasteiger partial charge in [-0.3, -0.25) is 4.90 Å². The molecule has 1 aromatic rings. The number of rotatable bonds is 3. The van der Waals surface area contributed by atoms with E-state index in [4.69, 9.17) is 11.6 Å². The van der Waals surface area contributed by atoms with Gasteiger partial charge in [-0.15, -0.1) is 11.3 Å². The van der Waals surface area contributed by atoms with E-state index in [1.807, 2.05) is 6.07 Å². The van der Waals surface area contributed by atoms with Crippen LogP contribution in [-0.2, 0) is 0 Å². The van der Waals surface area contributed by atoms with Crippen molar-refractivity contribution >= 4 is 22.9 Å². The van der Waals surface area contributed by atoms with Crippen molar-refractivity contribution in [2.24, 2.45) is 5.92 Å². The van der Waals surface area contributed by atoms with Crippen LogP contribution in [0.2, 0.25) is 4.34 Å². The van der Waals surface area contributed by atoms with Crippen molar-refractivity contribution in [3.63, 3.8) is 0 Å². The molecule has 0 radical (unpaired) electrons. The van der Waals surface area contributed by atoms with E-state index >= 15 is 0 Å². The Morgan fingerprint density at radius 3 is 2.62 bits per heavy atom. The molecule has 1 saturated heterocycles. The van der Waals surface area contributed by atoms with Crippen LogP contribution in [0, 0.1) is 5.92 Å². The molecular formula is C12H17ClN2S. The van der Waals surface area contributed by atoms with Gasteiger partial charge in [0.25, 0.3) is 0 Å². The fraction of sp³-hybridized carbons (Fsp3) is 0.667. The molecule has 1 atom stereocenters. The molecule has 2 aliphatic rings. The lowest BCUT2D eigenvalue weighted by Crippen LogP contribution is -2.45. The molecule has 1 aromatic heterocycles. The number of nitrogens with one attached hydrogen (secondary N) is 1. The molecule has 0 aromatic carbocycles. The third-order valence-corrected chi connectivity index (χ3v) is 4.80. The molecule has 3 rings (SSSR count). The Kier molecular flexibility index (Phi) is 3.20. The van der Waals surface area contributed by atoms with Gasteiger partial charge in [0.1, 0.15) is 0 Å². The summed E-state index contributed by atoms with van der Waals surface area (Å²) in [7, 11) is 0. The van der Waals surface area contributed by atoms with Gasteiger partial charge in [-0.05, 0) is 30.9 Å². The quantitative estimate of drug-likeness (QED) is 0.895. The van der Waals surface area contributed by atoms with E-state index in [-0.39, 0.29) is 0 Å². The van der Waals surface area contributed by atoms with Crippen LogP contribution in [0.3, 0.4) is 0 Å². The second-order valence-corrected chi connectivity index (χ2v) is 6.46. The van der Waals surface area contributed by atoms with Crippen LogP contribution < -0.4 is 5.32 Å². The summed E-state index contributed by atoms with van der Waals surface area (Å²) in [5.41, 5.74) is 0. The van der Waals surface area contributed by atoms with E-state index in [1.54, 1.807) is 11.3 Å². The van der Waals surface area contributed by atoms with Crippen molar-refractivity contribution in [2.75, 3.05) is 26.2 Å². The molecule has 88 valence electrons. The molecule has 2 fully saturated rings. The molecule has 1 aliphatic heterocycles. The summed E-state index contributed by atoms with van der Waals surface area (Å²) in [6, 6.07) is 4.90. The zero-order valence-electron chi connectivity index (χ0n) is 9.29. The Bertz CT molecular complexity index is 356. The molecule has 1 saturated carbocycles. The molecular weight excluding hydrogens is 240 g/mol. The predicted octanol–water partition coefficient (Wildman–Crippen LogP) is 2.76. The lowest BCUT2D eigenvalue weighted by atomic mass is 10.1. The number of nitrogens with zero attached hydrogens (tertiary/aromatic N) is 1. The van der Waals surface area contributed by atoms with Crippen LogP contribution in [-0.4, -0.2) is 31.1 Å². The van der Waals surface area contributed by atoms with Crippen molar-refractivity contribution in [3.05, 3.63) is 21.3 Å². The van der Waals surface area contributed by atoms with E-state index < -0.39 is 0 Å². The Morgan fingerprint density at radius 2 is 2.06 bits per heavy atom. The topological polar surface area (TPSA) is 15.3 Å². The van der Waals surface area contributed by atoms with Gasteiger partial charge in [-0.25, -0.2) is 0 Å². The fourth-order valence-corrected chi connectivity index (χ4v) is 3.86. The van der Waals surface area contributed by atoms with Gasteiger partial charge in [-0.2, -0.15) is 0 Å². The van der Waals surface area contributed by atoms with Crippen LogP contribution in [0.4, 0.5) is 0 Å². The van der Waals surface area contributed by atoms with Crippen molar-refractivity contribution in [1.82, 2.24) is 10.2 Å². The largest absolute Gasteiger partial charge is 0.314 e. The third kappa shape index (κ3) is 2.28. The van der Waals surface area contributed by atoms with Gasteiger partial charge in [0.05, 0.1) is 4.34 Å². The lowest BCUT2D eigenvalue weighted by Gasteiger charge is -2.34. The SMILES string of the molecule is Clc1ccc([C@@H](C2CC2)N2CCNCC2)s1. The second kappa shape index (κ2) is 4.65. The van der Waals surface area contributed by atoms with Crippen molar-refractivity contribution in [2.45, 2.75) is 18.9 Å². The Balaban J connectivity index is 1.79. The summed E-state index contributed by atoms with van der Waals surface area (Å²) in [4.78, 5) is 4.10. The van der Waals surface area contributed by atoms with Crippen molar-refractivity contribution in [1.29, 1.82) is 0 Å². The highest BCUT2D eigenvalue weighted by Crippen LogP contribution is 2.46. The Labute approximate surface area is 106 Å². The van der Waals surface area contributed by atoms with Gasteiger partial charge < -0.3 is 5.32 Å².